The zero-order chi connectivity index (χ0) is 19.3. The lowest BCUT2D eigenvalue weighted by Gasteiger charge is -2.11. The Hall–Kier alpha value is -3.99. The number of rotatable bonds is 4. The van der Waals surface area contributed by atoms with E-state index in [9.17, 15) is 4.79 Å². The molecule has 2 heterocycles. The fraction of sp³-hybridized carbons (Fsp3) is 0. The first-order valence-corrected chi connectivity index (χ1v) is 8.78. The molecule has 0 atom stereocenters. The quantitative estimate of drug-likeness (QED) is 0.315. The number of aromatic amines is 1. The van der Waals surface area contributed by atoms with Crippen molar-refractivity contribution in [2.24, 2.45) is 5.16 Å². The predicted molar refractivity (Wildman–Crippen MR) is 111 cm³/mol. The van der Waals surface area contributed by atoms with E-state index in [0.29, 0.717) is 16.7 Å². The molecule has 0 spiro atoms. The van der Waals surface area contributed by atoms with E-state index in [2.05, 4.69) is 15.1 Å². The van der Waals surface area contributed by atoms with Crippen LogP contribution in [0.4, 0.5) is 0 Å². The highest BCUT2D eigenvalue weighted by molar-refractivity contribution is 5.91. The first kappa shape index (κ1) is 17.4. The highest BCUT2D eigenvalue weighted by Crippen LogP contribution is 2.31. The number of H-pyrrole nitrogens is 1. The largest absolute Gasteiger partial charge is 0.411 e. The molecular weight excluding hydrogens is 350 g/mol. The maximum absolute atomic E-state index is 12.5. The molecule has 0 radical (unpaired) electrons. The van der Waals surface area contributed by atoms with Crippen LogP contribution in [0.1, 0.15) is 5.56 Å². The molecule has 4 aromatic rings. The van der Waals surface area contributed by atoms with E-state index in [1.807, 2.05) is 66.7 Å². The van der Waals surface area contributed by atoms with Crippen LogP contribution >= 0.6 is 0 Å². The third kappa shape index (κ3) is 3.33. The average Bonchev–Trinajstić information content (AvgIpc) is 2.76. The van der Waals surface area contributed by atoms with Gasteiger partial charge in [-0.05, 0) is 23.3 Å². The van der Waals surface area contributed by atoms with Gasteiger partial charge in [0.25, 0.3) is 5.56 Å². The summed E-state index contributed by atoms with van der Waals surface area (Å²) in [5.74, 6) is 0. The van der Waals surface area contributed by atoms with Crippen molar-refractivity contribution in [2.45, 2.75) is 0 Å². The maximum atomic E-state index is 12.5. The standard InChI is InChI=1S/C23H17N3O2/c27-23-21(19-10-5-4-9-17(19)15-26-28)13-18(14-25-23)22-20(11-6-12-24-22)16-7-2-1-3-8-16/h1-15,28H,(H,25,27). The lowest BCUT2D eigenvalue weighted by atomic mass is 9.96. The fourth-order valence-corrected chi connectivity index (χ4v) is 3.22. The Labute approximate surface area is 161 Å². The molecule has 0 saturated carbocycles. The minimum Gasteiger partial charge on any atom is -0.411 e. The van der Waals surface area contributed by atoms with E-state index >= 15 is 0 Å². The lowest BCUT2D eigenvalue weighted by Crippen LogP contribution is -2.09. The van der Waals surface area contributed by atoms with Gasteiger partial charge in [0.2, 0.25) is 0 Å². The van der Waals surface area contributed by atoms with E-state index in [1.165, 1.54) is 6.21 Å². The number of aromatic nitrogens is 2. The van der Waals surface area contributed by atoms with Crippen molar-refractivity contribution in [3.8, 4) is 33.5 Å². The first-order valence-electron chi connectivity index (χ1n) is 8.78. The van der Waals surface area contributed by atoms with E-state index in [4.69, 9.17) is 5.21 Å². The Balaban J connectivity index is 1.90. The molecular formula is C23H17N3O2. The van der Waals surface area contributed by atoms with Crippen LogP contribution in [0.3, 0.4) is 0 Å². The van der Waals surface area contributed by atoms with Gasteiger partial charge in [0.1, 0.15) is 0 Å². The summed E-state index contributed by atoms with van der Waals surface area (Å²) in [6.07, 6.45) is 4.72. The molecule has 2 N–H and O–H groups in total. The third-order valence-electron chi connectivity index (χ3n) is 4.52. The summed E-state index contributed by atoms with van der Waals surface area (Å²) in [7, 11) is 0. The third-order valence-corrected chi connectivity index (χ3v) is 4.52. The van der Waals surface area contributed by atoms with Crippen molar-refractivity contribution in [2.75, 3.05) is 0 Å². The van der Waals surface area contributed by atoms with Gasteiger partial charge in [0.15, 0.2) is 0 Å². The number of nitrogens with zero attached hydrogens (tertiary/aromatic N) is 2. The van der Waals surface area contributed by atoms with Crippen LogP contribution in [0.25, 0.3) is 33.5 Å². The molecule has 2 aromatic heterocycles. The van der Waals surface area contributed by atoms with Crippen LogP contribution in [-0.2, 0) is 0 Å². The van der Waals surface area contributed by atoms with Gasteiger partial charge < -0.3 is 10.2 Å². The molecule has 4 rings (SSSR count). The van der Waals surface area contributed by atoms with Gasteiger partial charge in [0, 0.05) is 34.6 Å². The second-order valence-corrected chi connectivity index (χ2v) is 6.23. The molecule has 28 heavy (non-hydrogen) atoms. The SMILES string of the molecule is O=c1[nH]cc(-c2ncccc2-c2ccccc2)cc1-c1ccccc1C=NO. The van der Waals surface area contributed by atoms with Gasteiger partial charge in [0.05, 0.1) is 11.9 Å². The monoisotopic (exact) mass is 367 g/mol. The van der Waals surface area contributed by atoms with Crippen molar-refractivity contribution in [1.82, 2.24) is 9.97 Å². The normalized spacial score (nSPS) is 11.0. The Morgan fingerprint density at radius 3 is 2.43 bits per heavy atom. The highest BCUT2D eigenvalue weighted by atomic mass is 16.4. The fourth-order valence-electron chi connectivity index (χ4n) is 3.22. The van der Waals surface area contributed by atoms with Crippen molar-refractivity contribution >= 4 is 6.21 Å². The number of pyridine rings is 2. The molecule has 0 aliphatic carbocycles. The molecule has 5 heteroatoms. The van der Waals surface area contributed by atoms with Crippen LogP contribution in [0, 0.1) is 0 Å². The second-order valence-electron chi connectivity index (χ2n) is 6.23. The van der Waals surface area contributed by atoms with Gasteiger partial charge in [-0.1, -0.05) is 65.8 Å². The average molecular weight is 367 g/mol. The summed E-state index contributed by atoms with van der Waals surface area (Å²) < 4.78 is 0. The van der Waals surface area contributed by atoms with Crippen molar-refractivity contribution in [3.05, 3.63) is 101 Å². The molecule has 0 unspecified atom stereocenters. The topological polar surface area (TPSA) is 78.3 Å². The summed E-state index contributed by atoms with van der Waals surface area (Å²) in [6, 6.07) is 23.0. The number of benzene rings is 2. The van der Waals surface area contributed by atoms with Crippen molar-refractivity contribution in [1.29, 1.82) is 0 Å². The van der Waals surface area contributed by atoms with Gasteiger partial charge in [-0.3, -0.25) is 9.78 Å². The summed E-state index contributed by atoms with van der Waals surface area (Å²) in [6.45, 7) is 0. The van der Waals surface area contributed by atoms with E-state index in [0.717, 1.165) is 22.4 Å². The van der Waals surface area contributed by atoms with Crippen LogP contribution in [0.5, 0.6) is 0 Å². The van der Waals surface area contributed by atoms with Crippen molar-refractivity contribution in [3.63, 3.8) is 0 Å². The van der Waals surface area contributed by atoms with Gasteiger partial charge in [-0.2, -0.15) is 0 Å². The second kappa shape index (κ2) is 7.72. The predicted octanol–water partition coefficient (Wildman–Crippen LogP) is 4.58. The molecule has 0 saturated heterocycles. The van der Waals surface area contributed by atoms with Gasteiger partial charge >= 0.3 is 0 Å². The molecule has 0 amide bonds. The number of oxime groups is 1. The van der Waals surface area contributed by atoms with Crippen LogP contribution in [0.2, 0.25) is 0 Å². The molecule has 136 valence electrons. The summed E-state index contributed by atoms with van der Waals surface area (Å²) in [5, 5.41) is 12.0. The Morgan fingerprint density at radius 1 is 0.857 bits per heavy atom. The zero-order valence-electron chi connectivity index (χ0n) is 14.9. The highest BCUT2D eigenvalue weighted by Gasteiger charge is 2.13. The first-order chi connectivity index (χ1) is 13.8. The zero-order valence-corrected chi connectivity index (χ0v) is 14.9. The molecule has 0 bridgehead atoms. The Kier molecular flexibility index (Phi) is 4.80. The molecule has 0 aliphatic heterocycles. The summed E-state index contributed by atoms with van der Waals surface area (Å²) in [5.41, 5.74) is 5.19. The molecule has 0 aliphatic rings. The van der Waals surface area contributed by atoms with E-state index in [-0.39, 0.29) is 5.56 Å². The van der Waals surface area contributed by atoms with Crippen LogP contribution < -0.4 is 5.56 Å². The van der Waals surface area contributed by atoms with Gasteiger partial charge in [-0.15, -0.1) is 0 Å². The molecule has 0 fully saturated rings. The lowest BCUT2D eigenvalue weighted by molar-refractivity contribution is 0.322. The maximum Gasteiger partial charge on any atom is 0.255 e. The molecule has 5 nitrogen and oxygen atoms in total. The number of nitrogens with one attached hydrogen (secondary N) is 1. The van der Waals surface area contributed by atoms with Crippen molar-refractivity contribution < 1.29 is 5.21 Å². The van der Waals surface area contributed by atoms with Crippen LogP contribution in [-0.4, -0.2) is 21.4 Å². The smallest absolute Gasteiger partial charge is 0.255 e. The molecule has 2 aromatic carbocycles. The Morgan fingerprint density at radius 2 is 1.61 bits per heavy atom. The minimum atomic E-state index is -0.222. The number of hydrogen-bond acceptors (Lipinski definition) is 4. The van der Waals surface area contributed by atoms with E-state index in [1.54, 1.807) is 18.5 Å². The minimum absolute atomic E-state index is 0.222. The summed E-state index contributed by atoms with van der Waals surface area (Å²) in [4.78, 5) is 19.9. The number of hydrogen-bond donors (Lipinski definition) is 2. The van der Waals surface area contributed by atoms with Gasteiger partial charge in [-0.25, -0.2) is 0 Å². The summed E-state index contributed by atoms with van der Waals surface area (Å²) >= 11 is 0. The Bertz CT molecular complexity index is 1200. The van der Waals surface area contributed by atoms with Crippen LogP contribution in [0.15, 0.2) is 95.1 Å². The van der Waals surface area contributed by atoms with E-state index < -0.39 is 0 Å².